The van der Waals surface area contributed by atoms with E-state index in [1.165, 1.54) is 33.5 Å². The molecule has 1 aliphatic rings. The molecule has 1 N–H and O–H groups in total. The molecule has 0 spiro atoms. The van der Waals surface area contributed by atoms with E-state index in [4.69, 9.17) is 0 Å². The standard InChI is InChI=1S/C24H33N/c1-6-25-20(5)16-19(4)12-13-23-17-22(14-15-24(23)18(2)3)21-10-8-7-9-11-21/h7-8,10,12,14-18,25H,6,9,11,13H2,1-5H3/b19-12-,20-16-. The summed E-state index contributed by atoms with van der Waals surface area (Å²) >= 11 is 0. The van der Waals surface area contributed by atoms with Gasteiger partial charge in [0.25, 0.3) is 0 Å². The van der Waals surface area contributed by atoms with E-state index in [0.717, 1.165) is 25.8 Å². The first-order valence-corrected chi connectivity index (χ1v) is 9.59. The van der Waals surface area contributed by atoms with E-state index in [0.29, 0.717) is 5.92 Å². The van der Waals surface area contributed by atoms with E-state index in [1.54, 1.807) is 0 Å². The lowest BCUT2D eigenvalue weighted by atomic mass is 9.89. The van der Waals surface area contributed by atoms with Gasteiger partial charge < -0.3 is 5.32 Å². The average Bonchev–Trinajstić information content (AvgIpc) is 2.60. The molecule has 134 valence electrons. The topological polar surface area (TPSA) is 12.0 Å². The van der Waals surface area contributed by atoms with E-state index in [2.05, 4.69) is 88.5 Å². The summed E-state index contributed by atoms with van der Waals surface area (Å²) in [6.07, 6.45) is 14.6. The lowest BCUT2D eigenvalue weighted by molar-refractivity contribution is 0.847. The number of rotatable bonds is 7. The molecule has 1 aliphatic carbocycles. The Hall–Kier alpha value is -2.02. The molecule has 1 aromatic rings. The maximum Gasteiger partial charge on any atom is 0.0115 e. The Balaban J connectivity index is 2.26. The lowest BCUT2D eigenvalue weighted by Crippen LogP contribution is -2.09. The molecule has 25 heavy (non-hydrogen) atoms. The molecule has 0 atom stereocenters. The zero-order chi connectivity index (χ0) is 18.2. The van der Waals surface area contributed by atoms with Crippen LogP contribution in [0.3, 0.4) is 0 Å². The van der Waals surface area contributed by atoms with Crippen LogP contribution in [0.4, 0.5) is 0 Å². The van der Waals surface area contributed by atoms with Crippen LogP contribution in [0.2, 0.25) is 0 Å². The smallest absolute Gasteiger partial charge is 0.0115 e. The van der Waals surface area contributed by atoms with Crippen LogP contribution in [-0.4, -0.2) is 6.54 Å². The van der Waals surface area contributed by atoms with Crippen LogP contribution in [0.25, 0.3) is 5.57 Å². The molecule has 0 saturated carbocycles. The van der Waals surface area contributed by atoms with Crippen molar-refractivity contribution in [2.45, 2.75) is 59.8 Å². The van der Waals surface area contributed by atoms with Gasteiger partial charge in [-0.3, -0.25) is 0 Å². The first kappa shape index (κ1) is 19.3. The minimum Gasteiger partial charge on any atom is -0.389 e. The second-order valence-corrected chi connectivity index (χ2v) is 7.24. The van der Waals surface area contributed by atoms with Crippen molar-refractivity contribution in [3.63, 3.8) is 0 Å². The third-order valence-corrected chi connectivity index (χ3v) is 4.69. The SMILES string of the molecule is CCN/C(C)=C\C(C)=C/Cc1cc(C2=CC=CCC2)ccc1C(C)C. The van der Waals surface area contributed by atoms with Crippen molar-refractivity contribution in [2.75, 3.05) is 6.54 Å². The van der Waals surface area contributed by atoms with Crippen LogP contribution < -0.4 is 5.32 Å². The Morgan fingerprint density at radius 1 is 1.24 bits per heavy atom. The zero-order valence-corrected chi connectivity index (χ0v) is 16.5. The van der Waals surface area contributed by atoms with Gasteiger partial charge in [0.15, 0.2) is 0 Å². The second-order valence-electron chi connectivity index (χ2n) is 7.24. The predicted molar refractivity (Wildman–Crippen MR) is 112 cm³/mol. The molecule has 0 saturated heterocycles. The van der Waals surface area contributed by atoms with E-state index < -0.39 is 0 Å². The third-order valence-electron chi connectivity index (χ3n) is 4.69. The number of allylic oxidation sites excluding steroid dienone is 8. The molecule has 2 rings (SSSR count). The van der Waals surface area contributed by atoms with Crippen LogP contribution in [0.15, 0.2) is 59.8 Å². The van der Waals surface area contributed by atoms with Crippen LogP contribution >= 0.6 is 0 Å². The fourth-order valence-corrected chi connectivity index (χ4v) is 3.39. The summed E-state index contributed by atoms with van der Waals surface area (Å²) in [6, 6.07) is 7.04. The molecule has 0 fully saturated rings. The second kappa shape index (κ2) is 9.46. The van der Waals surface area contributed by atoms with Gasteiger partial charge in [-0.2, -0.15) is 0 Å². The Morgan fingerprint density at radius 2 is 2.04 bits per heavy atom. The molecule has 0 heterocycles. The maximum atomic E-state index is 3.36. The van der Waals surface area contributed by atoms with Crippen molar-refractivity contribution in [3.8, 4) is 0 Å². The first-order chi connectivity index (χ1) is 12.0. The lowest BCUT2D eigenvalue weighted by Gasteiger charge is -2.16. The molecule has 0 aromatic heterocycles. The van der Waals surface area contributed by atoms with Gasteiger partial charge in [0, 0.05) is 12.2 Å². The van der Waals surface area contributed by atoms with Crippen LogP contribution in [-0.2, 0) is 6.42 Å². The maximum absolute atomic E-state index is 3.36. The zero-order valence-electron chi connectivity index (χ0n) is 16.5. The minimum absolute atomic E-state index is 0.553. The summed E-state index contributed by atoms with van der Waals surface area (Å²) in [5.74, 6) is 0.553. The van der Waals surface area contributed by atoms with Gasteiger partial charge in [0.1, 0.15) is 0 Å². The molecule has 0 bridgehead atoms. The van der Waals surface area contributed by atoms with Crippen molar-refractivity contribution < 1.29 is 0 Å². The number of hydrogen-bond acceptors (Lipinski definition) is 1. The van der Waals surface area contributed by atoms with E-state index >= 15 is 0 Å². The summed E-state index contributed by atoms with van der Waals surface area (Å²) < 4.78 is 0. The summed E-state index contributed by atoms with van der Waals surface area (Å²) in [6.45, 7) is 12.0. The van der Waals surface area contributed by atoms with Crippen molar-refractivity contribution in [2.24, 2.45) is 0 Å². The van der Waals surface area contributed by atoms with Gasteiger partial charge in [0.05, 0.1) is 0 Å². The third kappa shape index (κ3) is 5.77. The summed E-state index contributed by atoms with van der Waals surface area (Å²) in [5.41, 5.74) is 8.31. The minimum atomic E-state index is 0.553. The Labute approximate surface area is 154 Å². The van der Waals surface area contributed by atoms with Gasteiger partial charge in [-0.05, 0) is 74.3 Å². The van der Waals surface area contributed by atoms with Crippen molar-refractivity contribution in [3.05, 3.63) is 76.5 Å². The average molecular weight is 336 g/mol. The monoisotopic (exact) mass is 335 g/mol. The molecule has 1 aromatic carbocycles. The van der Waals surface area contributed by atoms with E-state index in [1.807, 2.05) is 0 Å². The highest BCUT2D eigenvalue weighted by molar-refractivity contribution is 5.69. The molecule has 0 aliphatic heterocycles. The van der Waals surface area contributed by atoms with Crippen LogP contribution in [0.1, 0.15) is 70.1 Å². The molecule has 1 heteroatoms. The number of nitrogens with one attached hydrogen (secondary N) is 1. The largest absolute Gasteiger partial charge is 0.389 e. The molecule has 0 amide bonds. The summed E-state index contributed by atoms with van der Waals surface area (Å²) in [7, 11) is 0. The van der Waals surface area contributed by atoms with E-state index in [-0.39, 0.29) is 0 Å². The molecular formula is C24H33N. The Bertz CT molecular complexity index is 699. The number of benzene rings is 1. The number of hydrogen-bond donors (Lipinski definition) is 1. The Morgan fingerprint density at radius 3 is 2.68 bits per heavy atom. The summed E-state index contributed by atoms with van der Waals surface area (Å²) in [5, 5.41) is 3.36. The van der Waals surface area contributed by atoms with Crippen molar-refractivity contribution in [1.29, 1.82) is 0 Å². The first-order valence-electron chi connectivity index (χ1n) is 9.59. The Kier molecular flexibility index (Phi) is 7.31. The van der Waals surface area contributed by atoms with Crippen LogP contribution in [0.5, 0.6) is 0 Å². The van der Waals surface area contributed by atoms with E-state index in [9.17, 15) is 0 Å². The molecule has 1 nitrogen and oxygen atoms in total. The molecule has 0 radical (unpaired) electrons. The highest BCUT2D eigenvalue weighted by atomic mass is 14.9. The van der Waals surface area contributed by atoms with Gasteiger partial charge in [-0.15, -0.1) is 0 Å². The molecular weight excluding hydrogens is 302 g/mol. The predicted octanol–water partition coefficient (Wildman–Crippen LogP) is 6.55. The van der Waals surface area contributed by atoms with Gasteiger partial charge in [-0.1, -0.05) is 61.9 Å². The fourth-order valence-electron chi connectivity index (χ4n) is 3.39. The van der Waals surface area contributed by atoms with Crippen molar-refractivity contribution in [1.82, 2.24) is 5.32 Å². The van der Waals surface area contributed by atoms with Crippen molar-refractivity contribution >= 4 is 5.57 Å². The normalized spacial score (nSPS) is 15.5. The molecule has 0 unspecified atom stereocenters. The van der Waals surface area contributed by atoms with Crippen LogP contribution in [0, 0.1) is 0 Å². The van der Waals surface area contributed by atoms with Gasteiger partial charge >= 0.3 is 0 Å². The van der Waals surface area contributed by atoms with Gasteiger partial charge in [-0.25, -0.2) is 0 Å². The highest BCUT2D eigenvalue weighted by Gasteiger charge is 2.10. The fraction of sp³-hybridized carbons (Fsp3) is 0.417. The summed E-state index contributed by atoms with van der Waals surface area (Å²) in [4.78, 5) is 0. The highest BCUT2D eigenvalue weighted by Crippen LogP contribution is 2.28. The quantitative estimate of drug-likeness (QED) is 0.557. The van der Waals surface area contributed by atoms with Gasteiger partial charge in [0.2, 0.25) is 0 Å².